The van der Waals surface area contributed by atoms with Crippen LogP contribution in [0.3, 0.4) is 0 Å². The van der Waals surface area contributed by atoms with Crippen molar-refractivity contribution >= 4 is 21.6 Å². The molecule has 0 aliphatic rings. The van der Waals surface area contributed by atoms with E-state index in [0.717, 1.165) is 15.7 Å². The van der Waals surface area contributed by atoms with Gasteiger partial charge in [-0.25, -0.2) is 0 Å². The van der Waals surface area contributed by atoms with Crippen molar-refractivity contribution in [1.29, 1.82) is 0 Å². The second kappa shape index (κ2) is 5.54. The molecular weight excluding hydrogens is 287 g/mol. The van der Waals surface area contributed by atoms with Crippen LogP contribution in [0.5, 0.6) is 0 Å². The first kappa shape index (κ1) is 13.3. The molecule has 0 radical (unpaired) electrons. The summed E-state index contributed by atoms with van der Waals surface area (Å²) in [4.78, 5) is 0. The monoisotopic (exact) mass is 297 g/mol. The quantitative estimate of drug-likeness (QED) is 0.856. The van der Waals surface area contributed by atoms with Crippen LogP contribution >= 0.6 is 15.9 Å². The van der Waals surface area contributed by atoms with Crippen LogP contribution in [0.4, 0.5) is 18.9 Å². The van der Waals surface area contributed by atoms with Crippen LogP contribution in [0.1, 0.15) is 5.56 Å². The van der Waals surface area contributed by atoms with E-state index < -0.39 is 13.0 Å². The van der Waals surface area contributed by atoms with Gasteiger partial charge in [-0.05, 0) is 34.5 Å². The Labute approximate surface area is 99.9 Å². The van der Waals surface area contributed by atoms with E-state index in [1.807, 2.05) is 19.1 Å². The van der Waals surface area contributed by atoms with Crippen molar-refractivity contribution in [2.24, 2.45) is 0 Å². The Morgan fingerprint density at radius 2 is 2.06 bits per heavy atom. The van der Waals surface area contributed by atoms with Gasteiger partial charge in [0.05, 0.1) is 6.61 Å². The van der Waals surface area contributed by atoms with E-state index in [9.17, 15) is 13.2 Å². The molecule has 0 saturated heterocycles. The number of ether oxygens (including phenoxy) is 1. The summed E-state index contributed by atoms with van der Waals surface area (Å²) in [6.07, 6.45) is -4.56. The predicted octanol–water partition coefficient (Wildman–Crippen LogP) is 3.71. The second-order valence-corrected chi connectivity index (χ2v) is 3.95. The molecule has 0 aliphatic heterocycles. The second-order valence-electron chi connectivity index (χ2n) is 3.16. The standard InChI is InChI=1S/C10H11BrF3NO/c1-7-3-2-4-8(9(7)11)15-5-6-16-10(12,13)14/h2-4,15H,5-6H2,1H3. The molecule has 2 nitrogen and oxygen atoms in total. The van der Waals surface area contributed by atoms with Crippen molar-refractivity contribution in [3.8, 4) is 0 Å². The average molecular weight is 298 g/mol. The highest BCUT2D eigenvalue weighted by molar-refractivity contribution is 9.10. The van der Waals surface area contributed by atoms with Crippen molar-refractivity contribution in [2.45, 2.75) is 13.3 Å². The topological polar surface area (TPSA) is 21.3 Å². The molecule has 0 heterocycles. The van der Waals surface area contributed by atoms with Gasteiger partial charge < -0.3 is 5.32 Å². The first-order valence-electron chi connectivity index (χ1n) is 4.60. The normalized spacial score (nSPS) is 11.6. The fourth-order valence-electron chi connectivity index (χ4n) is 1.14. The highest BCUT2D eigenvalue weighted by Gasteiger charge is 2.28. The maximum atomic E-state index is 11.7. The SMILES string of the molecule is Cc1cccc(NCCOC(F)(F)F)c1Br. The van der Waals surface area contributed by atoms with Gasteiger partial charge in [-0.2, -0.15) is 0 Å². The maximum absolute atomic E-state index is 11.7. The lowest BCUT2D eigenvalue weighted by atomic mass is 10.2. The molecule has 0 amide bonds. The summed E-state index contributed by atoms with van der Waals surface area (Å²) in [5, 5.41) is 2.85. The molecule has 16 heavy (non-hydrogen) atoms. The van der Waals surface area contributed by atoms with E-state index in [1.165, 1.54) is 0 Å². The molecule has 6 heteroatoms. The molecule has 1 aromatic carbocycles. The van der Waals surface area contributed by atoms with Crippen molar-refractivity contribution in [1.82, 2.24) is 0 Å². The molecular formula is C10H11BrF3NO. The lowest BCUT2D eigenvalue weighted by molar-refractivity contribution is -0.322. The molecule has 0 atom stereocenters. The minimum Gasteiger partial charge on any atom is -0.382 e. The Morgan fingerprint density at radius 3 is 2.69 bits per heavy atom. The van der Waals surface area contributed by atoms with Crippen LogP contribution in [-0.4, -0.2) is 19.5 Å². The summed E-state index contributed by atoms with van der Waals surface area (Å²) < 4.78 is 39.5. The minimum absolute atomic E-state index is 0.0988. The third-order valence-corrected chi connectivity index (χ3v) is 2.93. The van der Waals surface area contributed by atoms with Gasteiger partial charge in [0.1, 0.15) is 0 Å². The Kier molecular flexibility index (Phi) is 4.61. The third kappa shape index (κ3) is 4.40. The number of hydrogen-bond acceptors (Lipinski definition) is 2. The zero-order valence-corrected chi connectivity index (χ0v) is 10.2. The number of halogens is 4. The number of aryl methyl sites for hydroxylation is 1. The van der Waals surface area contributed by atoms with Gasteiger partial charge in [-0.1, -0.05) is 12.1 Å². The van der Waals surface area contributed by atoms with Gasteiger partial charge in [0, 0.05) is 16.7 Å². The van der Waals surface area contributed by atoms with Gasteiger partial charge in [-0.15, -0.1) is 13.2 Å². The van der Waals surface area contributed by atoms with Crippen LogP contribution < -0.4 is 5.32 Å². The summed E-state index contributed by atoms with van der Waals surface area (Å²) in [5.74, 6) is 0. The maximum Gasteiger partial charge on any atom is 0.522 e. The third-order valence-electron chi connectivity index (χ3n) is 1.88. The average Bonchev–Trinajstić information content (AvgIpc) is 2.17. The first-order chi connectivity index (χ1) is 7.40. The Bertz CT molecular complexity index is 354. The molecule has 0 aliphatic carbocycles. The summed E-state index contributed by atoms with van der Waals surface area (Å²) >= 11 is 3.35. The molecule has 0 bridgehead atoms. The minimum atomic E-state index is -4.56. The van der Waals surface area contributed by atoms with Crippen molar-refractivity contribution in [3.63, 3.8) is 0 Å². The van der Waals surface area contributed by atoms with E-state index in [-0.39, 0.29) is 6.54 Å². The molecule has 0 spiro atoms. The first-order valence-corrected chi connectivity index (χ1v) is 5.39. The number of alkyl halides is 3. The molecule has 1 N–H and O–H groups in total. The smallest absolute Gasteiger partial charge is 0.382 e. The van der Waals surface area contributed by atoms with Gasteiger partial charge in [-0.3, -0.25) is 4.74 Å². The van der Waals surface area contributed by atoms with Gasteiger partial charge in [0.25, 0.3) is 0 Å². The zero-order valence-electron chi connectivity index (χ0n) is 8.57. The largest absolute Gasteiger partial charge is 0.522 e. The molecule has 90 valence electrons. The van der Waals surface area contributed by atoms with Crippen LogP contribution in [-0.2, 0) is 4.74 Å². The van der Waals surface area contributed by atoms with E-state index in [1.54, 1.807) is 6.07 Å². The molecule has 0 fully saturated rings. The van der Waals surface area contributed by atoms with Crippen LogP contribution in [0.15, 0.2) is 22.7 Å². The van der Waals surface area contributed by atoms with E-state index in [2.05, 4.69) is 26.0 Å². The lowest BCUT2D eigenvalue weighted by Gasteiger charge is -2.11. The molecule has 1 aromatic rings. The van der Waals surface area contributed by atoms with Gasteiger partial charge in [0.15, 0.2) is 0 Å². The number of rotatable bonds is 4. The summed E-state index contributed by atoms with van der Waals surface area (Å²) in [6, 6.07) is 5.51. The Hall–Kier alpha value is -0.750. The molecule has 0 saturated carbocycles. The fourth-order valence-corrected chi connectivity index (χ4v) is 1.54. The van der Waals surface area contributed by atoms with E-state index in [0.29, 0.717) is 0 Å². The summed E-state index contributed by atoms with van der Waals surface area (Å²) in [5.41, 5.74) is 1.77. The number of hydrogen-bond donors (Lipinski definition) is 1. The fraction of sp³-hybridized carbons (Fsp3) is 0.400. The molecule has 0 aromatic heterocycles. The molecule has 0 unspecified atom stereocenters. The van der Waals surface area contributed by atoms with Gasteiger partial charge >= 0.3 is 6.36 Å². The Balaban J connectivity index is 2.41. The number of benzene rings is 1. The van der Waals surface area contributed by atoms with Gasteiger partial charge in [0.2, 0.25) is 0 Å². The van der Waals surface area contributed by atoms with Crippen LogP contribution in [0, 0.1) is 6.92 Å². The van der Waals surface area contributed by atoms with E-state index in [4.69, 9.17) is 0 Å². The summed E-state index contributed by atoms with van der Waals surface area (Å²) in [6.45, 7) is 1.59. The van der Waals surface area contributed by atoms with E-state index >= 15 is 0 Å². The Morgan fingerprint density at radius 1 is 1.38 bits per heavy atom. The lowest BCUT2D eigenvalue weighted by Crippen LogP contribution is -2.19. The van der Waals surface area contributed by atoms with Crippen molar-refractivity contribution in [2.75, 3.05) is 18.5 Å². The van der Waals surface area contributed by atoms with Crippen molar-refractivity contribution in [3.05, 3.63) is 28.2 Å². The highest BCUT2D eigenvalue weighted by atomic mass is 79.9. The predicted molar refractivity (Wildman–Crippen MR) is 59.4 cm³/mol. The highest BCUT2D eigenvalue weighted by Crippen LogP contribution is 2.25. The summed E-state index contributed by atoms with van der Waals surface area (Å²) in [7, 11) is 0. The number of anilines is 1. The van der Waals surface area contributed by atoms with Crippen molar-refractivity contribution < 1.29 is 17.9 Å². The molecule has 1 rings (SSSR count). The van der Waals surface area contributed by atoms with Crippen LogP contribution in [0.2, 0.25) is 0 Å². The van der Waals surface area contributed by atoms with Crippen LogP contribution in [0.25, 0.3) is 0 Å². The zero-order chi connectivity index (χ0) is 12.2. The number of nitrogens with one attached hydrogen (secondary N) is 1.